The highest BCUT2D eigenvalue weighted by Crippen LogP contribution is 2.38. The van der Waals surface area contributed by atoms with Crippen LogP contribution in [-0.2, 0) is 4.79 Å². The largest absolute Gasteiger partial charge is 0.484 e. The van der Waals surface area contributed by atoms with Gasteiger partial charge in [-0.2, -0.15) is 0 Å². The Morgan fingerprint density at radius 2 is 2.07 bits per heavy atom. The van der Waals surface area contributed by atoms with Gasteiger partial charge < -0.3 is 14.1 Å². The lowest BCUT2D eigenvalue weighted by Gasteiger charge is -2.24. The summed E-state index contributed by atoms with van der Waals surface area (Å²) in [6.45, 7) is 0.466. The Morgan fingerprint density at radius 1 is 1.26 bits per heavy atom. The molecule has 1 fully saturated rings. The number of carbonyl (C=O) groups is 1. The number of carbonyl (C=O) groups excluding carboxylic acids is 1. The first-order valence-electron chi connectivity index (χ1n) is 8.37. The summed E-state index contributed by atoms with van der Waals surface area (Å²) in [6, 6.07) is 13.6. The van der Waals surface area contributed by atoms with Gasteiger partial charge in [0.25, 0.3) is 5.91 Å². The van der Waals surface area contributed by atoms with Gasteiger partial charge in [0.05, 0.1) is 0 Å². The Kier molecular flexibility index (Phi) is 5.06. The highest BCUT2D eigenvalue weighted by atomic mass is 32.2. The molecule has 1 amide bonds. The van der Waals surface area contributed by atoms with E-state index in [2.05, 4.69) is 10.2 Å². The summed E-state index contributed by atoms with van der Waals surface area (Å²) < 4.78 is 24.8. The molecule has 3 aromatic rings. The van der Waals surface area contributed by atoms with Crippen molar-refractivity contribution in [1.82, 2.24) is 15.1 Å². The van der Waals surface area contributed by atoms with Crippen molar-refractivity contribution in [2.75, 3.05) is 18.9 Å². The summed E-state index contributed by atoms with van der Waals surface area (Å²) in [5.41, 5.74) is 1.29. The van der Waals surface area contributed by atoms with Gasteiger partial charge in [-0.1, -0.05) is 18.2 Å². The van der Waals surface area contributed by atoms with Crippen LogP contribution in [0.5, 0.6) is 5.75 Å². The SMILES string of the molecule is O=C(COc1ccc(-c2nnco2)cc1)N1CCSC1c1ccccc1F. The van der Waals surface area contributed by atoms with Crippen molar-refractivity contribution in [3.63, 3.8) is 0 Å². The van der Waals surface area contributed by atoms with Crippen molar-refractivity contribution in [2.45, 2.75) is 5.37 Å². The summed E-state index contributed by atoms with van der Waals surface area (Å²) in [5, 5.41) is 7.15. The average molecular weight is 385 g/mol. The molecule has 8 heteroatoms. The van der Waals surface area contributed by atoms with Crippen molar-refractivity contribution in [3.8, 4) is 17.2 Å². The van der Waals surface area contributed by atoms with Gasteiger partial charge in [0.1, 0.15) is 16.9 Å². The molecule has 1 atom stereocenters. The minimum atomic E-state index is -0.317. The summed E-state index contributed by atoms with van der Waals surface area (Å²) in [7, 11) is 0. The molecule has 0 spiro atoms. The Morgan fingerprint density at radius 3 is 2.81 bits per heavy atom. The van der Waals surface area contributed by atoms with Crippen molar-refractivity contribution >= 4 is 17.7 Å². The third kappa shape index (κ3) is 3.80. The van der Waals surface area contributed by atoms with Crippen LogP contribution in [0.15, 0.2) is 59.3 Å². The number of aromatic nitrogens is 2. The van der Waals surface area contributed by atoms with Gasteiger partial charge in [-0.25, -0.2) is 4.39 Å². The van der Waals surface area contributed by atoms with E-state index in [4.69, 9.17) is 9.15 Å². The molecule has 2 aromatic carbocycles. The van der Waals surface area contributed by atoms with Gasteiger partial charge in [0.15, 0.2) is 6.61 Å². The third-order valence-corrected chi connectivity index (χ3v) is 5.45. The zero-order valence-corrected chi connectivity index (χ0v) is 15.1. The number of amides is 1. The Balaban J connectivity index is 1.39. The molecule has 1 aliphatic heterocycles. The van der Waals surface area contributed by atoms with E-state index < -0.39 is 0 Å². The summed E-state index contributed by atoms with van der Waals surface area (Å²) in [5.74, 6) is 1.27. The minimum Gasteiger partial charge on any atom is -0.484 e. The molecule has 0 N–H and O–H groups in total. The molecule has 4 rings (SSSR count). The van der Waals surface area contributed by atoms with Gasteiger partial charge in [-0.3, -0.25) is 4.79 Å². The molecular weight excluding hydrogens is 369 g/mol. The Bertz CT molecular complexity index is 918. The number of thioether (sulfide) groups is 1. The number of rotatable bonds is 5. The van der Waals surface area contributed by atoms with Crippen molar-refractivity contribution in [3.05, 3.63) is 66.3 Å². The normalized spacial score (nSPS) is 16.5. The first kappa shape index (κ1) is 17.5. The third-order valence-electron chi connectivity index (χ3n) is 4.21. The lowest BCUT2D eigenvalue weighted by molar-refractivity contribution is -0.133. The summed E-state index contributed by atoms with van der Waals surface area (Å²) >= 11 is 1.55. The molecule has 138 valence electrons. The predicted molar refractivity (Wildman–Crippen MR) is 98.5 cm³/mol. The van der Waals surface area contributed by atoms with Crippen LogP contribution in [0.3, 0.4) is 0 Å². The molecule has 0 bridgehead atoms. The second kappa shape index (κ2) is 7.79. The molecular formula is C19H16FN3O3S. The lowest BCUT2D eigenvalue weighted by Crippen LogP contribution is -2.34. The molecule has 27 heavy (non-hydrogen) atoms. The second-order valence-electron chi connectivity index (χ2n) is 5.89. The van der Waals surface area contributed by atoms with E-state index in [0.717, 1.165) is 11.3 Å². The minimum absolute atomic E-state index is 0.106. The molecule has 1 saturated heterocycles. The maximum atomic E-state index is 14.1. The smallest absolute Gasteiger partial charge is 0.261 e. The molecule has 1 aromatic heterocycles. The fourth-order valence-electron chi connectivity index (χ4n) is 2.88. The second-order valence-corrected chi connectivity index (χ2v) is 7.08. The molecule has 1 unspecified atom stereocenters. The lowest BCUT2D eigenvalue weighted by atomic mass is 10.2. The van der Waals surface area contributed by atoms with Crippen LogP contribution in [0.4, 0.5) is 4.39 Å². The number of hydrogen-bond donors (Lipinski definition) is 0. The quantitative estimate of drug-likeness (QED) is 0.669. The Labute approximate surface area is 159 Å². The summed E-state index contributed by atoms with van der Waals surface area (Å²) in [4.78, 5) is 14.3. The van der Waals surface area contributed by atoms with Crippen LogP contribution in [0.25, 0.3) is 11.5 Å². The fourth-order valence-corrected chi connectivity index (χ4v) is 4.18. The molecule has 6 nitrogen and oxygen atoms in total. The molecule has 1 aliphatic rings. The van der Waals surface area contributed by atoms with Crippen LogP contribution >= 0.6 is 11.8 Å². The highest BCUT2D eigenvalue weighted by molar-refractivity contribution is 7.99. The fraction of sp³-hybridized carbons (Fsp3) is 0.211. The van der Waals surface area contributed by atoms with E-state index in [1.54, 1.807) is 59.1 Å². The van der Waals surface area contributed by atoms with Crippen molar-refractivity contribution in [2.24, 2.45) is 0 Å². The van der Waals surface area contributed by atoms with Crippen molar-refractivity contribution in [1.29, 1.82) is 0 Å². The number of ether oxygens (including phenoxy) is 1. The van der Waals surface area contributed by atoms with Gasteiger partial charge >= 0.3 is 0 Å². The van der Waals surface area contributed by atoms with Gasteiger partial charge in [-0.05, 0) is 30.3 Å². The number of halogens is 1. The van der Waals surface area contributed by atoms with Crippen LogP contribution in [0.2, 0.25) is 0 Å². The van der Waals surface area contributed by atoms with Crippen LogP contribution in [0, 0.1) is 5.82 Å². The first-order valence-corrected chi connectivity index (χ1v) is 9.42. The van der Waals surface area contributed by atoms with Gasteiger partial charge in [-0.15, -0.1) is 22.0 Å². The zero-order chi connectivity index (χ0) is 18.6. The maximum absolute atomic E-state index is 14.1. The number of benzene rings is 2. The van der Waals surface area contributed by atoms with Crippen LogP contribution in [0.1, 0.15) is 10.9 Å². The van der Waals surface area contributed by atoms with E-state index in [-0.39, 0.29) is 23.7 Å². The molecule has 0 radical (unpaired) electrons. The summed E-state index contributed by atoms with van der Waals surface area (Å²) in [6.07, 6.45) is 1.26. The van der Waals surface area contributed by atoms with E-state index in [1.165, 1.54) is 12.5 Å². The van der Waals surface area contributed by atoms with E-state index in [0.29, 0.717) is 23.7 Å². The monoisotopic (exact) mass is 385 g/mol. The topological polar surface area (TPSA) is 68.5 Å². The zero-order valence-electron chi connectivity index (χ0n) is 14.2. The molecule has 2 heterocycles. The van der Waals surface area contributed by atoms with Crippen molar-refractivity contribution < 1.29 is 18.3 Å². The van der Waals surface area contributed by atoms with E-state index in [1.807, 2.05) is 0 Å². The van der Waals surface area contributed by atoms with E-state index in [9.17, 15) is 9.18 Å². The number of hydrogen-bond acceptors (Lipinski definition) is 6. The maximum Gasteiger partial charge on any atom is 0.261 e. The molecule has 0 saturated carbocycles. The first-order chi connectivity index (χ1) is 13.2. The van der Waals surface area contributed by atoms with E-state index >= 15 is 0 Å². The van der Waals surface area contributed by atoms with Gasteiger partial charge in [0, 0.05) is 23.4 Å². The van der Waals surface area contributed by atoms with Crippen LogP contribution in [-0.4, -0.2) is 39.9 Å². The highest BCUT2D eigenvalue weighted by Gasteiger charge is 2.32. The Hall–Kier alpha value is -2.87. The standard InChI is InChI=1S/C19H16FN3O3S/c20-16-4-2-1-3-15(16)19-23(9-10-27-19)17(24)11-25-14-7-5-13(6-8-14)18-22-21-12-26-18/h1-8,12,19H,9-11H2. The van der Waals surface area contributed by atoms with Gasteiger partial charge in [0.2, 0.25) is 12.3 Å². The van der Waals surface area contributed by atoms with Crippen LogP contribution < -0.4 is 4.74 Å². The average Bonchev–Trinajstić information content (AvgIpc) is 3.39. The number of nitrogens with zero attached hydrogens (tertiary/aromatic N) is 3. The predicted octanol–water partition coefficient (Wildman–Crippen LogP) is 3.53. The molecule has 0 aliphatic carbocycles.